The lowest BCUT2D eigenvalue weighted by molar-refractivity contribution is -0.115. The second-order valence-corrected chi connectivity index (χ2v) is 5.92. The second kappa shape index (κ2) is 7.99. The minimum absolute atomic E-state index is 0.00153. The van der Waals surface area contributed by atoms with E-state index in [1.54, 1.807) is 19.9 Å². The highest BCUT2D eigenvalue weighted by Gasteiger charge is 2.16. The largest absolute Gasteiger partial charge is 0.441 e. The van der Waals surface area contributed by atoms with Crippen LogP contribution >= 0.6 is 0 Å². The number of oxazole rings is 1. The lowest BCUT2D eigenvalue weighted by Crippen LogP contribution is -2.16. The van der Waals surface area contributed by atoms with Crippen LogP contribution < -0.4 is 10.1 Å². The Labute approximate surface area is 155 Å². The molecule has 0 unspecified atom stereocenters. The Bertz CT molecular complexity index is 940. The van der Waals surface area contributed by atoms with E-state index in [9.17, 15) is 13.6 Å². The summed E-state index contributed by atoms with van der Waals surface area (Å²) in [6.45, 7) is 0.413. The van der Waals surface area contributed by atoms with Crippen LogP contribution in [0.5, 0.6) is 5.75 Å². The number of benzene rings is 2. The number of aromatic nitrogens is 1. The van der Waals surface area contributed by atoms with Gasteiger partial charge in [-0.2, -0.15) is 8.78 Å². The maximum Gasteiger partial charge on any atom is 0.387 e. The van der Waals surface area contributed by atoms with Gasteiger partial charge in [0.25, 0.3) is 0 Å². The van der Waals surface area contributed by atoms with Gasteiger partial charge in [0.2, 0.25) is 11.8 Å². The fourth-order valence-corrected chi connectivity index (χ4v) is 2.62. The van der Waals surface area contributed by atoms with Gasteiger partial charge in [0.15, 0.2) is 0 Å². The molecule has 0 atom stereocenters. The highest BCUT2D eigenvalue weighted by molar-refractivity contribution is 5.93. The fourth-order valence-electron chi connectivity index (χ4n) is 2.62. The zero-order valence-corrected chi connectivity index (χ0v) is 14.8. The van der Waals surface area contributed by atoms with Crippen LogP contribution in [0.25, 0.3) is 11.5 Å². The van der Waals surface area contributed by atoms with Gasteiger partial charge in [-0.15, -0.1) is 0 Å². The molecule has 0 radical (unpaired) electrons. The van der Waals surface area contributed by atoms with Crippen LogP contribution in [-0.4, -0.2) is 17.5 Å². The van der Waals surface area contributed by atoms with Crippen molar-refractivity contribution in [2.45, 2.75) is 26.9 Å². The summed E-state index contributed by atoms with van der Waals surface area (Å²) >= 11 is 0. The van der Waals surface area contributed by atoms with Gasteiger partial charge < -0.3 is 14.5 Å². The number of amides is 1. The number of aryl methyl sites for hydroxylation is 1. The molecule has 1 heterocycles. The number of rotatable bonds is 6. The minimum atomic E-state index is -2.93. The maximum absolute atomic E-state index is 12.4. The molecular formula is C20H18F2N2O3. The van der Waals surface area contributed by atoms with E-state index in [4.69, 9.17) is 4.42 Å². The predicted molar refractivity (Wildman–Crippen MR) is 96.8 cm³/mol. The van der Waals surface area contributed by atoms with Crippen molar-refractivity contribution in [2.24, 2.45) is 0 Å². The highest BCUT2D eigenvalue weighted by atomic mass is 19.3. The van der Waals surface area contributed by atoms with Crippen LogP contribution in [0.1, 0.15) is 17.0 Å². The van der Waals surface area contributed by atoms with E-state index in [0.29, 0.717) is 28.6 Å². The first-order valence-electron chi connectivity index (χ1n) is 8.30. The van der Waals surface area contributed by atoms with Gasteiger partial charge in [0.1, 0.15) is 11.5 Å². The summed E-state index contributed by atoms with van der Waals surface area (Å²) in [5.74, 6) is 0.685. The summed E-state index contributed by atoms with van der Waals surface area (Å²) in [4.78, 5) is 16.8. The minimum Gasteiger partial charge on any atom is -0.441 e. The Kier molecular flexibility index (Phi) is 5.49. The first-order chi connectivity index (χ1) is 12.9. The predicted octanol–water partition coefficient (Wildman–Crippen LogP) is 4.74. The molecule has 140 valence electrons. The third-order valence-electron chi connectivity index (χ3n) is 4.02. The summed E-state index contributed by atoms with van der Waals surface area (Å²) in [5.41, 5.74) is 2.17. The smallest absolute Gasteiger partial charge is 0.387 e. The number of anilines is 1. The lowest BCUT2D eigenvalue weighted by Gasteiger charge is -2.12. The average molecular weight is 372 g/mol. The molecule has 0 spiro atoms. The standard InChI is InChI=1S/C20H18F2N2O3/c1-12-15(9-6-10-17(12)27-20(21)22)23-18(25)11-16-13(2)26-19(24-16)14-7-4-3-5-8-14/h3-10,20H,11H2,1-2H3,(H,23,25). The van der Waals surface area contributed by atoms with Gasteiger partial charge in [-0.25, -0.2) is 4.98 Å². The van der Waals surface area contributed by atoms with Crippen molar-refractivity contribution in [3.8, 4) is 17.2 Å². The van der Waals surface area contributed by atoms with E-state index in [1.165, 1.54) is 12.1 Å². The molecule has 0 aliphatic heterocycles. The maximum atomic E-state index is 12.4. The van der Waals surface area contributed by atoms with Crippen molar-refractivity contribution >= 4 is 11.6 Å². The number of alkyl halides is 2. The quantitative estimate of drug-likeness (QED) is 0.679. The summed E-state index contributed by atoms with van der Waals surface area (Å²) in [7, 11) is 0. The molecular weight excluding hydrogens is 354 g/mol. The molecule has 3 rings (SSSR count). The third kappa shape index (κ3) is 4.49. The van der Waals surface area contributed by atoms with E-state index < -0.39 is 6.61 Å². The molecule has 5 nitrogen and oxygen atoms in total. The van der Waals surface area contributed by atoms with Crippen LogP contribution in [-0.2, 0) is 11.2 Å². The first-order valence-corrected chi connectivity index (χ1v) is 8.30. The van der Waals surface area contributed by atoms with Crippen LogP contribution in [0.2, 0.25) is 0 Å². The number of nitrogens with zero attached hydrogens (tertiary/aromatic N) is 1. The molecule has 2 aromatic carbocycles. The van der Waals surface area contributed by atoms with Crippen molar-refractivity contribution in [2.75, 3.05) is 5.32 Å². The molecule has 0 fully saturated rings. The molecule has 1 amide bonds. The number of ether oxygens (including phenoxy) is 1. The number of carbonyl (C=O) groups is 1. The third-order valence-corrected chi connectivity index (χ3v) is 4.02. The molecule has 27 heavy (non-hydrogen) atoms. The van der Waals surface area contributed by atoms with E-state index >= 15 is 0 Å². The fraction of sp³-hybridized carbons (Fsp3) is 0.200. The zero-order valence-electron chi connectivity index (χ0n) is 14.8. The summed E-state index contributed by atoms with van der Waals surface area (Å²) in [5, 5.41) is 2.70. The number of hydrogen-bond acceptors (Lipinski definition) is 4. The Morgan fingerprint density at radius 2 is 1.89 bits per heavy atom. The molecule has 1 aromatic heterocycles. The SMILES string of the molecule is Cc1oc(-c2ccccc2)nc1CC(=O)Nc1cccc(OC(F)F)c1C. The van der Waals surface area contributed by atoms with Crippen molar-refractivity contribution in [3.63, 3.8) is 0 Å². The Balaban J connectivity index is 1.73. The van der Waals surface area contributed by atoms with Gasteiger partial charge in [0.05, 0.1) is 12.1 Å². The average Bonchev–Trinajstić information content (AvgIpc) is 2.99. The monoisotopic (exact) mass is 372 g/mol. The summed E-state index contributed by atoms with van der Waals surface area (Å²) in [6, 6.07) is 14.0. The van der Waals surface area contributed by atoms with Crippen molar-refractivity contribution in [3.05, 3.63) is 65.5 Å². The normalized spacial score (nSPS) is 10.9. The zero-order chi connectivity index (χ0) is 19.4. The van der Waals surface area contributed by atoms with Crippen LogP contribution in [0.4, 0.5) is 14.5 Å². The molecule has 0 aliphatic carbocycles. The van der Waals surface area contributed by atoms with E-state index in [-0.39, 0.29) is 18.1 Å². The number of hydrogen-bond donors (Lipinski definition) is 1. The highest BCUT2D eigenvalue weighted by Crippen LogP contribution is 2.27. The number of nitrogens with one attached hydrogen (secondary N) is 1. The van der Waals surface area contributed by atoms with Crippen LogP contribution in [0.3, 0.4) is 0 Å². The molecule has 0 aliphatic rings. The molecule has 0 saturated carbocycles. The molecule has 7 heteroatoms. The Morgan fingerprint density at radius 3 is 2.59 bits per heavy atom. The van der Waals surface area contributed by atoms with Crippen molar-refractivity contribution in [1.29, 1.82) is 0 Å². The molecule has 1 N–H and O–H groups in total. The van der Waals surface area contributed by atoms with Crippen LogP contribution in [0, 0.1) is 13.8 Å². The van der Waals surface area contributed by atoms with Gasteiger partial charge in [0, 0.05) is 16.8 Å². The molecule has 3 aromatic rings. The molecule has 0 bridgehead atoms. The van der Waals surface area contributed by atoms with Crippen LogP contribution in [0.15, 0.2) is 52.9 Å². The van der Waals surface area contributed by atoms with E-state index in [1.807, 2.05) is 30.3 Å². The molecule has 0 saturated heterocycles. The van der Waals surface area contributed by atoms with Gasteiger partial charge in [-0.3, -0.25) is 4.79 Å². The van der Waals surface area contributed by atoms with Gasteiger partial charge >= 0.3 is 6.61 Å². The lowest BCUT2D eigenvalue weighted by atomic mass is 10.1. The van der Waals surface area contributed by atoms with Crippen molar-refractivity contribution < 1.29 is 22.7 Å². The first kappa shape index (κ1) is 18.6. The van der Waals surface area contributed by atoms with Gasteiger partial charge in [-0.1, -0.05) is 24.3 Å². The topological polar surface area (TPSA) is 64.4 Å². The summed E-state index contributed by atoms with van der Waals surface area (Å²) < 4.78 is 35.0. The van der Waals surface area contributed by atoms with Gasteiger partial charge in [-0.05, 0) is 38.1 Å². The Morgan fingerprint density at radius 1 is 1.15 bits per heavy atom. The number of carbonyl (C=O) groups excluding carboxylic acids is 1. The van der Waals surface area contributed by atoms with E-state index in [2.05, 4.69) is 15.0 Å². The Hall–Kier alpha value is -3.22. The summed E-state index contributed by atoms with van der Waals surface area (Å²) in [6.07, 6.45) is 0.00153. The number of halogens is 2. The van der Waals surface area contributed by atoms with E-state index in [0.717, 1.165) is 5.56 Å². The second-order valence-electron chi connectivity index (χ2n) is 5.92. The van der Waals surface area contributed by atoms with Crippen molar-refractivity contribution in [1.82, 2.24) is 4.98 Å².